The summed E-state index contributed by atoms with van der Waals surface area (Å²) in [4.78, 5) is 40.6. The number of amides is 2. The first-order valence-corrected chi connectivity index (χ1v) is 9.28. The quantitative estimate of drug-likeness (QED) is 0.595. The van der Waals surface area contributed by atoms with Crippen LogP contribution in [-0.4, -0.2) is 24.9 Å². The standard InChI is InChI=1S/C21H18ClN3O4/c1-11-5-4-6-15(12(11)2)25-18(26)16-17(19(27)29-3)23-24-21(16,20(25)28)13-7-9-14(22)10-8-13/h4-10,23-24H,1-3H3/t21-/m0/s1. The molecule has 0 spiro atoms. The minimum atomic E-state index is -1.57. The number of nitrogens with one attached hydrogen (secondary N) is 2. The van der Waals surface area contributed by atoms with Gasteiger partial charge in [0.05, 0.1) is 18.4 Å². The lowest BCUT2D eigenvalue weighted by Crippen LogP contribution is -2.51. The summed E-state index contributed by atoms with van der Waals surface area (Å²) in [5.74, 6) is -1.84. The van der Waals surface area contributed by atoms with E-state index in [4.69, 9.17) is 16.3 Å². The second-order valence-electron chi connectivity index (χ2n) is 6.91. The molecule has 148 valence electrons. The van der Waals surface area contributed by atoms with Gasteiger partial charge in [-0.15, -0.1) is 0 Å². The predicted molar refractivity (Wildman–Crippen MR) is 107 cm³/mol. The van der Waals surface area contributed by atoms with Crippen LogP contribution in [0.4, 0.5) is 5.69 Å². The Hall–Kier alpha value is -3.16. The number of hydrazine groups is 1. The molecule has 4 rings (SSSR count). The van der Waals surface area contributed by atoms with E-state index in [0.717, 1.165) is 16.0 Å². The third-order valence-corrected chi connectivity index (χ3v) is 5.68. The Balaban J connectivity index is 1.98. The van der Waals surface area contributed by atoms with Crippen molar-refractivity contribution in [3.8, 4) is 0 Å². The Morgan fingerprint density at radius 2 is 1.79 bits per heavy atom. The van der Waals surface area contributed by atoms with Crippen molar-refractivity contribution in [2.24, 2.45) is 0 Å². The highest BCUT2D eigenvalue weighted by Gasteiger charge is 2.62. The summed E-state index contributed by atoms with van der Waals surface area (Å²) in [6.45, 7) is 3.74. The normalized spacial score (nSPS) is 20.8. The van der Waals surface area contributed by atoms with Crippen LogP contribution in [0.15, 0.2) is 53.7 Å². The number of ether oxygens (including phenoxy) is 1. The molecule has 8 heteroatoms. The molecular weight excluding hydrogens is 394 g/mol. The molecule has 1 fully saturated rings. The SMILES string of the molecule is COC(=O)C1=C2C(=O)N(c3cccc(C)c3C)C(=O)[C@@]2(c2ccc(Cl)cc2)NN1. The van der Waals surface area contributed by atoms with Crippen molar-refractivity contribution in [2.45, 2.75) is 19.4 Å². The molecule has 0 aliphatic carbocycles. The van der Waals surface area contributed by atoms with Gasteiger partial charge in [0.1, 0.15) is 5.70 Å². The number of aryl methyl sites for hydroxylation is 1. The van der Waals surface area contributed by atoms with E-state index in [2.05, 4.69) is 10.9 Å². The molecule has 1 atom stereocenters. The summed E-state index contributed by atoms with van der Waals surface area (Å²) in [6, 6.07) is 11.9. The molecule has 2 aliphatic heterocycles. The number of methoxy groups -OCH3 is 1. The first-order valence-electron chi connectivity index (χ1n) is 8.90. The zero-order chi connectivity index (χ0) is 20.9. The van der Waals surface area contributed by atoms with Gasteiger partial charge >= 0.3 is 5.97 Å². The number of esters is 1. The monoisotopic (exact) mass is 411 g/mol. The maximum absolute atomic E-state index is 13.7. The van der Waals surface area contributed by atoms with Crippen LogP contribution in [0.5, 0.6) is 0 Å². The fourth-order valence-corrected chi connectivity index (χ4v) is 3.89. The lowest BCUT2D eigenvalue weighted by molar-refractivity contribution is -0.137. The van der Waals surface area contributed by atoms with E-state index in [1.165, 1.54) is 7.11 Å². The maximum atomic E-state index is 13.7. The number of nitrogens with zero attached hydrogens (tertiary/aromatic N) is 1. The lowest BCUT2D eigenvalue weighted by atomic mass is 9.85. The van der Waals surface area contributed by atoms with E-state index in [-0.39, 0.29) is 11.3 Å². The molecule has 2 heterocycles. The van der Waals surface area contributed by atoms with Crippen molar-refractivity contribution in [2.75, 3.05) is 12.0 Å². The zero-order valence-corrected chi connectivity index (χ0v) is 16.8. The first kappa shape index (κ1) is 19.2. The average Bonchev–Trinajstić information content (AvgIpc) is 3.21. The van der Waals surface area contributed by atoms with Gasteiger partial charge in [0.15, 0.2) is 5.54 Å². The molecule has 2 amide bonds. The van der Waals surface area contributed by atoms with E-state index in [0.29, 0.717) is 16.3 Å². The van der Waals surface area contributed by atoms with E-state index in [1.54, 1.807) is 36.4 Å². The number of imide groups is 1. The molecule has 2 N–H and O–H groups in total. The number of fused-ring (bicyclic) bond motifs is 1. The smallest absolute Gasteiger partial charge is 0.356 e. The third kappa shape index (κ3) is 2.58. The van der Waals surface area contributed by atoms with Crippen LogP contribution in [0, 0.1) is 13.8 Å². The molecular formula is C21H18ClN3O4. The van der Waals surface area contributed by atoms with Gasteiger partial charge < -0.3 is 10.2 Å². The molecule has 2 aromatic carbocycles. The predicted octanol–water partition coefficient (Wildman–Crippen LogP) is 2.26. The zero-order valence-electron chi connectivity index (χ0n) is 16.0. The van der Waals surface area contributed by atoms with E-state index in [9.17, 15) is 14.4 Å². The summed E-state index contributed by atoms with van der Waals surface area (Å²) in [6.07, 6.45) is 0. The van der Waals surface area contributed by atoms with Gasteiger partial charge in [-0.1, -0.05) is 35.9 Å². The van der Waals surface area contributed by atoms with Crippen molar-refractivity contribution >= 4 is 35.1 Å². The van der Waals surface area contributed by atoms with Crippen LogP contribution in [0.25, 0.3) is 0 Å². The summed E-state index contributed by atoms with van der Waals surface area (Å²) in [7, 11) is 1.21. The molecule has 7 nitrogen and oxygen atoms in total. The van der Waals surface area contributed by atoms with Crippen molar-refractivity contribution in [3.05, 3.63) is 75.4 Å². The number of carbonyl (C=O) groups excluding carboxylic acids is 3. The van der Waals surface area contributed by atoms with E-state index < -0.39 is 23.3 Å². The summed E-state index contributed by atoms with van der Waals surface area (Å²) in [5, 5.41) is 0.484. The molecule has 29 heavy (non-hydrogen) atoms. The molecule has 2 aromatic rings. The fourth-order valence-electron chi connectivity index (χ4n) is 3.76. The number of hydrogen-bond acceptors (Lipinski definition) is 6. The second-order valence-corrected chi connectivity index (χ2v) is 7.35. The summed E-state index contributed by atoms with van der Waals surface area (Å²) < 4.78 is 4.81. The van der Waals surface area contributed by atoms with E-state index in [1.807, 2.05) is 19.9 Å². The number of hydrogen-bond donors (Lipinski definition) is 2. The first-order chi connectivity index (χ1) is 13.8. The number of benzene rings is 2. The molecule has 0 unspecified atom stereocenters. The van der Waals surface area contributed by atoms with Crippen LogP contribution >= 0.6 is 11.6 Å². The van der Waals surface area contributed by atoms with Crippen LogP contribution in [0.1, 0.15) is 16.7 Å². The Morgan fingerprint density at radius 1 is 1.10 bits per heavy atom. The third-order valence-electron chi connectivity index (χ3n) is 5.42. The highest BCUT2D eigenvalue weighted by molar-refractivity contribution is 6.35. The van der Waals surface area contributed by atoms with Crippen molar-refractivity contribution in [1.82, 2.24) is 10.9 Å². The highest BCUT2D eigenvalue weighted by Crippen LogP contribution is 2.45. The Labute approximate surface area is 172 Å². The topological polar surface area (TPSA) is 87.7 Å². The number of anilines is 1. The Kier molecular flexibility index (Phi) is 4.44. The number of rotatable bonds is 3. The largest absolute Gasteiger partial charge is 0.464 e. The second kappa shape index (κ2) is 6.72. The van der Waals surface area contributed by atoms with Crippen molar-refractivity contribution in [1.29, 1.82) is 0 Å². The molecule has 0 aromatic heterocycles. The summed E-state index contributed by atoms with van der Waals surface area (Å²) in [5.41, 5.74) is 6.58. The fraction of sp³-hybridized carbons (Fsp3) is 0.190. The van der Waals surface area contributed by atoms with Gasteiger partial charge in [-0.25, -0.2) is 15.1 Å². The van der Waals surface area contributed by atoms with Crippen LogP contribution in [0.3, 0.4) is 0 Å². The molecule has 1 saturated heterocycles. The summed E-state index contributed by atoms with van der Waals surface area (Å²) >= 11 is 6.00. The average molecular weight is 412 g/mol. The van der Waals surface area contributed by atoms with Crippen LogP contribution in [-0.2, 0) is 24.7 Å². The number of halogens is 1. The Bertz CT molecular complexity index is 1090. The molecule has 0 saturated carbocycles. The van der Waals surface area contributed by atoms with Crippen molar-refractivity contribution < 1.29 is 19.1 Å². The van der Waals surface area contributed by atoms with Gasteiger partial charge in [-0.3, -0.25) is 9.59 Å². The lowest BCUT2D eigenvalue weighted by Gasteiger charge is -2.26. The van der Waals surface area contributed by atoms with Crippen LogP contribution in [0.2, 0.25) is 5.02 Å². The van der Waals surface area contributed by atoms with Gasteiger partial charge in [-0.05, 0) is 48.7 Å². The van der Waals surface area contributed by atoms with Crippen LogP contribution < -0.4 is 15.8 Å². The van der Waals surface area contributed by atoms with E-state index >= 15 is 0 Å². The van der Waals surface area contributed by atoms with Gasteiger partial charge in [-0.2, -0.15) is 0 Å². The minimum absolute atomic E-state index is 0.00224. The Morgan fingerprint density at radius 3 is 2.45 bits per heavy atom. The molecule has 0 radical (unpaired) electrons. The molecule has 2 aliphatic rings. The molecule has 0 bridgehead atoms. The van der Waals surface area contributed by atoms with Gasteiger partial charge in [0.25, 0.3) is 11.8 Å². The van der Waals surface area contributed by atoms with Crippen molar-refractivity contribution in [3.63, 3.8) is 0 Å². The van der Waals surface area contributed by atoms with Gasteiger partial charge in [0.2, 0.25) is 0 Å². The maximum Gasteiger partial charge on any atom is 0.356 e. The number of carbonyl (C=O) groups is 3. The minimum Gasteiger partial charge on any atom is -0.464 e. The van der Waals surface area contributed by atoms with Gasteiger partial charge in [0, 0.05) is 5.02 Å². The highest BCUT2D eigenvalue weighted by atomic mass is 35.5.